The molecule has 0 rings (SSSR count). The Morgan fingerprint density at radius 2 is 1.64 bits per heavy atom. The first kappa shape index (κ1) is 20.5. The van der Waals surface area contributed by atoms with Crippen molar-refractivity contribution in [1.29, 1.82) is 0 Å². The highest BCUT2D eigenvalue weighted by Gasteiger charge is 2.50. The van der Waals surface area contributed by atoms with E-state index >= 15 is 0 Å². The predicted molar refractivity (Wildman–Crippen MR) is 82.5 cm³/mol. The molecular weight excluding hydrogens is 288 g/mol. The van der Waals surface area contributed by atoms with Crippen molar-refractivity contribution in [3.63, 3.8) is 0 Å². The monoisotopic (exact) mass is 316 g/mol. The Labute approximate surface area is 131 Å². The summed E-state index contributed by atoms with van der Waals surface area (Å²) in [6.45, 7) is 9.53. The molecule has 0 unspecified atom stereocenters. The van der Waals surface area contributed by atoms with Gasteiger partial charge in [-0.15, -0.1) is 0 Å². The topological polar surface area (TPSA) is 130 Å². The van der Waals surface area contributed by atoms with Crippen LogP contribution in [0.4, 0.5) is 0 Å². The summed E-state index contributed by atoms with van der Waals surface area (Å²) in [6.07, 6.45) is 0.0672. The maximum absolute atomic E-state index is 12.5. The Bertz CT molecular complexity index is 428. The van der Waals surface area contributed by atoms with Gasteiger partial charge in [-0.2, -0.15) is 0 Å². The number of nitrogens with one attached hydrogen (secondary N) is 1. The molecule has 0 spiro atoms. The molecule has 2 atom stereocenters. The number of hydrogen-bond donors (Lipinski definition) is 4. The van der Waals surface area contributed by atoms with Crippen LogP contribution in [0.1, 0.15) is 47.5 Å². The first-order valence-corrected chi connectivity index (χ1v) is 7.34. The minimum Gasteiger partial charge on any atom is -0.481 e. The van der Waals surface area contributed by atoms with Crippen LogP contribution in [0, 0.1) is 11.3 Å². The van der Waals surface area contributed by atoms with E-state index in [9.17, 15) is 19.5 Å². The molecule has 0 fully saturated rings. The van der Waals surface area contributed by atoms with Gasteiger partial charge in [-0.1, -0.05) is 34.6 Å². The zero-order chi connectivity index (χ0) is 17.7. The van der Waals surface area contributed by atoms with Crippen molar-refractivity contribution in [2.24, 2.45) is 17.1 Å². The van der Waals surface area contributed by atoms with E-state index in [1.807, 2.05) is 20.8 Å². The summed E-state index contributed by atoms with van der Waals surface area (Å²) >= 11 is 0. The molecule has 0 heterocycles. The number of ketones is 1. The second-order valence-electron chi connectivity index (χ2n) is 7.07. The average Bonchev–Trinajstić information content (AvgIpc) is 2.30. The third-order valence-corrected chi connectivity index (χ3v) is 3.60. The van der Waals surface area contributed by atoms with Crippen LogP contribution in [-0.4, -0.2) is 46.1 Å². The summed E-state index contributed by atoms with van der Waals surface area (Å²) in [5.41, 5.74) is 3.70. The SMILES string of the molecule is CC(C)[C@@](NCCC(C)(C)C)(C(=O)O)C(=O)[C@H](N)CC(=O)O. The third kappa shape index (κ3) is 5.38. The standard InChI is InChI=1S/C15H28N2O5/c1-9(2)15(13(21)22,17-7-6-14(3,4)5)12(20)10(16)8-11(18)19/h9-10,17H,6-8,16H2,1-5H3,(H,18,19)(H,21,22)/t10-,15+/m1/s1. The number of carboxylic acids is 2. The lowest BCUT2D eigenvalue weighted by Gasteiger charge is -2.35. The molecule has 0 aliphatic carbocycles. The van der Waals surface area contributed by atoms with Crippen LogP contribution in [-0.2, 0) is 14.4 Å². The molecular formula is C15H28N2O5. The maximum atomic E-state index is 12.5. The summed E-state index contributed by atoms with van der Waals surface area (Å²) in [4.78, 5) is 35.0. The fourth-order valence-corrected chi connectivity index (χ4v) is 2.21. The van der Waals surface area contributed by atoms with Crippen LogP contribution in [0.3, 0.4) is 0 Å². The molecule has 0 radical (unpaired) electrons. The van der Waals surface area contributed by atoms with Crippen molar-refractivity contribution in [1.82, 2.24) is 5.32 Å². The molecule has 0 saturated heterocycles. The van der Waals surface area contributed by atoms with Crippen LogP contribution in [0.5, 0.6) is 0 Å². The molecule has 0 bridgehead atoms. The molecule has 7 nitrogen and oxygen atoms in total. The second-order valence-corrected chi connectivity index (χ2v) is 7.07. The van der Waals surface area contributed by atoms with E-state index < -0.39 is 41.6 Å². The average molecular weight is 316 g/mol. The molecule has 22 heavy (non-hydrogen) atoms. The van der Waals surface area contributed by atoms with E-state index in [4.69, 9.17) is 10.8 Å². The van der Waals surface area contributed by atoms with Crippen molar-refractivity contribution >= 4 is 17.7 Å². The number of hydrogen-bond acceptors (Lipinski definition) is 5. The van der Waals surface area contributed by atoms with Gasteiger partial charge in [0.25, 0.3) is 0 Å². The highest BCUT2D eigenvalue weighted by atomic mass is 16.4. The number of aliphatic carboxylic acids is 2. The van der Waals surface area contributed by atoms with Gasteiger partial charge in [-0.25, -0.2) is 4.79 Å². The van der Waals surface area contributed by atoms with Gasteiger partial charge in [-0.3, -0.25) is 14.9 Å². The predicted octanol–water partition coefficient (Wildman–Crippen LogP) is 0.863. The van der Waals surface area contributed by atoms with Crippen molar-refractivity contribution in [2.45, 2.75) is 59.0 Å². The summed E-state index contributed by atoms with van der Waals surface area (Å²) in [5.74, 6) is -3.94. The Hall–Kier alpha value is -1.47. The lowest BCUT2D eigenvalue weighted by atomic mass is 9.78. The molecule has 7 heteroatoms. The Balaban J connectivity index is 5.37. The quantitative estimate of drug-likeness (QED) is 0.464. The molecule has 0 aromatic carbocycles. The lowest BCUT2D eigenvalue weighted by Crippen LogP contribution is -2.66. The molecule has 0 saturated carbocycles. The van der Waals surface area contributed by atoms with E-state index in [0.717, 1.165) is 0 Å². The molecule has 0 amide bonds. The van der Waals surface area contributed by atoms with Crippen LogP contribution in [0.2, 0.25) is 0 Å². The minimum absolute atomic E-state index is 0.0273. The maximum Gasteiger partial charge on any atom is 0.332 e. The normalized spacial score (nSPS) is 16.1. The van der Waals surface area contributed by atoms with Crippen molar-refractivity contribution in [3.05, 3.63) is 0 Å². The fraction of sp³-hybridized carbons (Fsp3) is 0.800. The van der Waals surface area contributed by atoms with Gasteiger partial charge in [0.1, 0.15) is 0 Å². The Morgan fingerprint density at radius 1 is 1.14 bits per heavy atom. The van der Waals surface area contributed by atoms with Gasteiger partial charge in [0.05, 0.1) is 12.5 Å². The number of carbonyl (C=O) groups excluding carboxylic acids is 1. The molecule has 0 aromatic rings. The second kappa shape index (κ2) is 7.69. The van der Waals surface area contributed by atoms with E-state index in [2.05, 4.69) is 5.32 Å². The highest BCUT2D eigenvalue weighted by molar-refractivity contribution is 6.11. The van der Waals surface area contributed by atoms with Gasteiger partial charge in [-0.05, 0) is 24.3 Å². The van der Waals surface area contributed by atoms with Gasteiger partial charge in [0, 0.05) is 0 Å². The molecule has 0 aromatic heterocycles. The smallest absolute Gasteiger partial charge is 0.332 e. The number of carbonyl (C=O) groups is 3. The molecule has 5 N–H and O–H groups in total. The Kier molecular flexibility index (Phi) is 7.18. The van der Waals surface area contributed by atoms with E-state index in [1.165, 1.54) is 0 Å². The number of Topliss-reactive ketones (excluding diaryl/α,β-unsaturated/α-hetero) is 1. The van der Waals surface area contributed by atoms with Crippen molar-refractivity contribution in [3.8, 4) is 0 Å². The van der Waals surface area contributed by atoms with Crippen molar-refractivity contribution in [2.75, 3.05) is 6.54 Å². The van der Waals surface area contributed by atoms with E-state index in [1.54, 1.807) is 13.8 Å². The van der Waals surface area contributed by atoms with Gasteiger partial charge < -0.3 is 15.9 Å². The summed E-state index contributed by atoms with van der Waals surface area (Å²) in [6, 6.07) is -1.36. The minimum atomic E-state index is -1.87. The van der Waals surface area contributed by atoms with Crippen LogP contribution in [0.25, 0.3) is 0 Å². The molecule has 0 aliphatic rings. The molecule has 0 aliphatic heterocycles. The van der Waals surface area contributed by atoms with Crippen molar-refractivity contribution < 1.29 is 24.6 Å². The first-order chi connectivity index (χ1) is 9.84. The number of nitrogens with two attached hydrogens (primary N) is 1. The van der Waals surface area contributed by atoms with Gasteiger partial charge in [0.2, 0.25) is 0 Å². The van der Waals surface area contributed by atoms with E-state index in [0.29, 0.717) is 13.0 Å². The first-order valence-electron chi connectivity index (χ1n) is 7.34. The van der Waals surface area contributed by atoms with Gasteiger partial charge in [0.15, 0.2) is 11.3 Å². The lowest BCUT2D eigenvalue weighted by molar-refractivity contribution is -0.154. The number of carboxylic acid groups (broad SMARTS) is 2. The number of rotatable bonds is 9. The largest absolute Gasteiger partial charge is 0.481 e. The zero-order valence-corrected chi connectivity index (χ0v) is 14.0. The van der Waals surface area contributed by atoms with Crippen LogP contribution >= 0.6 is 0 Å². The fourth-order valence-electron chi connectivity index (χ4n) is 2.21. The van der Waals surface area contributed by atoms with E-state index in [-0.39, 0.29) is 5.41 Å². The van der Waals surface area contributed by atoms with Gasteiger partial charge >= 0.3 is 11.9 Å². The summed E-state index contributed by atoms with van der Waals surface area (Å²) in [5, 5.41) is 21.2. The molecule has 128 valence electrons. The summed E-state index contributed by atoms with van der Waals surface area (Å²) < 4.78 is 0. The Morgan fingerprint density at radius 3 is 1.95 bits per heavy atom. The highest BCUT2D eigenvalue weighted by Crippen LogP contribution is 2.23. The van der Waals surface area contributed by atoms with Crippen LogP contribution in [0.15, 0.2) is 0 Å². The summed E-state index contributed by atoms with van der Waals surface area (Å²) in [7, 11) is 0. The van der Waals surface area contributed by atoms with Crippen LogP contribution < -0.4 is 11.1 Å². The third-order valence-electron chi connectivity index (χ3n) is 3.60. The zero-order valence-electron chi connectivity index (χ0n) is 14.0.